The van der Waals surface area contributed by atoms with Crippen LogP contribution in [-0.2, 0) is 32.9 Å². The van der Waals surface area contributed by atoms with Gasteiger partial charge in [0.1, 0.15) is 12.4 Å². The van der Waals surface area contributed by atoms with Crippen molar-refractivity contribution in [3.8, 4) is 0 Å². The van der Waals surface area contributed by atoms with Crippen LogP contribution >= 0.6 is 7.82 Å². The molecule has 1 aliphatic carbocycles. The Labute approximate surface area is 274 Å². The van der Waals surface area contributed by atoms with E-state index >= 15 is 0 Å². The first-order valence-electron chi connectivity index (χ1n) is 17.2. The summed E-state index contributed by atoms with van der Waals surface area (Å²) in [6.45, 7) is 3.17. The SMILES string of the molecule is CCCCCCCCCC(=O)OC[C@H](COP(=O)(O)O)OC(=O)CCCCC(=O)C[C@@H]1[C@@H](/C=C/[C@@H](O)CCCCC)[C@H](O)C[C@@H]1O. The molecule has 0 radical (unpaired) electrons. The molecule has 0 aromatic carbocycles. The maximum Gasteiger partial charge on any atom is 0.469 e. The molecular weight excluding hydrogens is 619 g/mol. The van der Waals surface area contributed by atoms with E-state index in [2.05, 4.69) is 18.4 Å². The highest BCUT2D eigenvalue weighted by molar-refractivity contribution is 7.46. The zero-order valence-corrected chi connectivity index (χ0v) is 28.7. The normalized spacial score (nSPS) is 21.4. The molecule has 6 atom stereocenters. The Morgan fingerprint density at radius 3 is 2.07 bits per heavy atom. The lowest BCUT2D eigenvalue weighted by atomic mass is 9.87. The number of carbonyl (C=O) groups is 3. The minimum Gasteiger partial charge on any atom is -0.462 e. The predicted molar refractivity (Wildman–Crippen MR) is 172 cm³/mol. The zero-order valence-electron chi connectivity index (χ0n) is 27.8. The molecular formula is C33H59O12P. The molecule has 0 spiro atoms. The third-order valence-corrected chi connectivity index (χ3v) is 8.75. The van der Waals surface area contributed by atoms with Crippen LogP contribution in [0.25, 0.3) is 0 Å². The van der Waals surface area contributed by atoms with Gasteiger partial charge in [-0.25, -0.2) is 4.57 Å². The lowest BCUT2D eigenvalue weighted by Gasteiger charge is -2.20. The van der Waals surface area contributed by atoms with Gasteiger partial charge in [0.05, 0.1) is 24.9 Å². The van der Waals surface area contributed by atoms with Crippen LogP contribution in [0.2, 0.25) is 0 Å². The summed E-state index contributed by atoms with van der Waals surface area (Å²) < 4.78 is 26.0. The minimum atomic E-state index is -4.84. The molecule has 1 rings (SSSR count). The summed E-state index contributed by atoms with van der Waals surface area (Å²) in [5.41, 5.74) is 0. The fraction of sp³-hybridized carbons (Fsp3) is 0.848. The van der Waals surface area contributed by atoms with Crippen LogP contribution < -0.4 is 0 Å². The van der Waals surface area contributed by atoms with Gasteiger partial charge in [0.25, 0.3) is 0 Å². The summed E-state index contributed by atoms with van der Waals surface area (Å²) in [4.78, 5) is 55.3. The van der Waals surface area contributed by atoms with Crippen molar-refractivity contribution in [1.29, 1.82) is 0 Å². The molecule has 12 nitrogen and oxygen atoms in total. The van der Waals surface area contributed by atoms with Crippen molar-refractivity contribution < 1.29 is 58.1 Å². The molecule has 0 saturated heterocycles. The highest BCUT2D eigenvalue weighted by Crippen LogP contribution is 2.37. The Morgan fingerprint density at radius 1 is 0.804 bits per heavy atom. The summed E-state index contributed by atoms with van der Waals surface area (Å²) in [5, 5.41) is 31.0. The third kappa shape index (κ3) is 20.5. The van der Waals surface area contributed by atoms with Crippen LogP contribution in [0.3, 0.4) is 0 Å². The van der Waals surface area contributed by atoms with Crippen molar-refractivity contribution >= 4 is 25.5 Å². The molecule has 1 saturated carbocycles. The molecule has 0 aromatic rings. The molecule has 13 heteroatoms. The first-order valence-corrected chi connectivity index (χ1v) is 18.7. The summed E-state index contributed by atoms with van der Waals surface area (Å²) >= 11 is 0. The van der Waals surface area contributed by atoms with Gasteiger partial charge in [0, 0.05) is 43.9 Å². The molecule has 0 aromatic heterocycles. The monoisotopic (exact) mass is 678 g/mol. The van der Waals surface area contributed by atoms with Gasteiger partial charge in [-0.1, -0.05) is 83.8 Å². The first-order chi connectivity index (χ1) is 21.9. The molecule has 0 aliphatic heterocycles. The largest absolute Gasteiger partial charge is 0.469 e. The van der Waals surface area contributed by atoms with Gasteiger partial charge in [-0.3, -0.25) is 18.9 Å². The number of hydrogen-bond acceptors (Lipinski definition) is 10. The van der Waals surface area contributed by atoms with Crippen LogP contribution in [0.4, 0.5) is 0 Å². The molecule has 0 unspecified atom stereocenters. The number of Topliss-reactive ketones (excluding diaryl/α,β-unsaturated/α-hetero) is 1. The summed E-state index contributed by atoms with van der Waals surface area (Å²) in [5.74, 6) is -2.20. The fourth-order valence-corrected chi connectivity index (χ4v) is 5.96. The maximum absolute atomic E-state index is 12.7. The highest BCUT2D eigenvalue weighted by atomic mass is 31.2. The topological polar surface area (TPSA) is 197 Å². The molecule has 5 N–H and O–H groups in total. The molecule has 46 heavy (non-hydrogen) atoms. The third-order valence-electron chi connectivity index (χ3n) is 8.27. The second-order valence-electron chi connectivity index (χ2n) is 12.5. The average molecular weight is 679 g/mol. The van der Waals surface area contributed by atoms with Gasteiger partial charge >= 0.3 is 19.8 Å². The maximum atomic E-state index is 12.7. The molecule has 1 fully saturated rings. The van der Waals surface area contributed by atoms with Gasteiger partial charge in [0.2, 0.25) is 0 Å². The van der Waals surface area contributed by atoms with E-state index in [9.17, 15) is 34.3 Å². The number of rotatable bonds is 27. The standard InChI is InChI=1S/C33H59O12P/c1-3-5-7-8-9-10-12-17-32(38)43-23-27(24-44-46(40,41)42)45-33(39)18-14-13-16-26(35)21-29-28(30(36)22-31(29)37)20-19-25(34)15-11-6-4-2/h19-20,25,27-31,34,36-37H,3-18,21-24H2,1-2H3,(H2,40,41,42)/b20-19+/t25-,27+,28+,29+,30+,31-/m0/s1. The summed E-state index contributed by atoms with van der Waals surface area (Å²) in [6.07, 6.45) is 11.8. The number of aliphatic hydroxyl groups is 3. The lowest BCUT2D eigenvalue weighted by Crippen LogP contribution is -2.29. The van der Waals surface area contributed by atoms with Crippen molar-refractivity contribution in [1.82, 2.24) is 0 Å². The van der Waals surface area contributed by atoms with Crippen LogP contribution in [0.15, 0.2) is 12.2 Å². The molecule has 0 amide bonds. The lowest BCUT2D eigenvalue weighted by molar-refractivity contribution is -0.161. The van der Waals surface area contributed by atoms with E-state index in [0.717, 1.165) is 44.9 Å². The quantitative estimate of drug-likeness (QED) is 0.0335. The van der Waals surface area contributed by atoms with E-state index in [1.54, 1.807) is 12.2 Å². The number of hydrogen-bond donors (Lipinski definition) is 5. The Kier molecular flexibility index (Phi) is 22.5. The van der Waals surface area contributed by atoms with E-state index in [0.29, 0.717) is 25.7 Å². The van der Waals surface area contributed by atoms with Crippen LogP contribution in [0.1, 0.15) is 129 Å². The minimum absolute atomic E-state index is 0.0651. The average Bonchev–Trinajstić information content (AvgIpc) is 3.25. The van der Waals surface area contributed by atoms with Crippen molar-refractivity contribution in [3.63, 3.8) is 0 Å². The zero-order chi connectivity index (χ0) is 34.4. The van der Waals surface area contributed by atoms with Crippen molar-refractivity contribution in [2.75, 3.05) is 13.2 Å². The Hall–Kier alpha value is -1.66. The molecule has 0 bridgehead atoms. The van der Waals surface area contributed by atoms with E-state index in [-0.39, 0.29) is 37.9 Å². The van der Waals surface area contributed by atoms with Crippen molar-refractivity contribution in [2.24, 2.45) is 11.8 Å². The number of unbranched alkanes of at least 4 members (excludes halogenated alkanes) is 9. The molecule has 1 aliphatic rings. The smallest absolute Gasteiger partial charge is 0.462 e. The Morgan fingerprint density at radius 2 is 1.39 bits per heavy atom. The number of esters is 2. The second-order valence-corrected chi connectivity index (χ2v) is 13.7. The number of ketones is 1. The number of phosphoric acid groups is 1. The Balaban J connectivity index is 2.45. The highest BCUT2D eigenvalue weighted by Gasteiger charge is 2.41. The van der Waals surface area contributed by atoms with Crippen LogP contribution in [-0.4, -0.2) is 80.5 Å². The van der Waals surface area contributed by atoms with Gasteiger partial charge in [0.15, 0.2) is 6.10 Å². The van der Waals surface area contributed by atoms with Gasteiger partial charge in [-0.15, -0.1) is 0 Å². The van der Waals surface area contributed by atoms with E-state index in [4.69, 9.17) is 19.3 Å². The number of aliphatic hydroxyl groups excluding tert-OH is 3. The van der Waals surface area contributed by atoms with Crippen LogP contribution in [0, 0.1) is 11.8 Å². The van der Waals surface area contributed by atoms with Crippen molar-refractivity contribution in [2.45, 2.75) is 154 Å². The van der Waals surface area contributed by atoms with E-state index < -0.39 is 69.2 Å². The van der Waals surface area contributed by atoms with Gasteiger partial charge < -0.3 is 34.6 Å². The van der Waals surface area contributed by atoms with E-state index in [1.165, 1.54) is 12.8 Å². The second kappa shape index (κ2) is 24.5. The number of phosphoric ester groups is 1. The summed E-state index contributed by atoms with van der Waals surface area (Å²) in [7, 11) is -4.84. The predicted octanol–water partition coefficient (Wildman–Crippen LogP) is 5.07. The Bertz CT molecular complexity index is 936. The van der Waals surface area contributed by atoms with Crippen molar-refractivity contribution in [3.05, 3.63) is 12.2 Å². The number of carbonyl (C=O) groups excluding carboxylic acids is 3. The number of ether oxygens (including phenoxy) is 2. The first kappa shape index (κ1) is 42.4. The summed E-state index contributed by atoms with van der Waals surface area (Å²) in [6, 6.07) is 0. The van der Waals surface area contributed by atoms with Gasteiger partial charge in [-0.2, -0.15) is 0 Å². The fourth-order valence-electron chi connectivity index (χ4n) is 5.60. The molecule has 268 valence electrons. The molecule has 0 heterocycles. The van der Waals surface area contributed by atoms with Gasteiger partial charge in [-0.05, 0) is 25.7 Å². The van der Waals surface area contributed by atoms with E-state index in [1.807, 2.05) is 0 Å². The van der Waals surface area contributed by atoms with Crippen LogP contribution in [0.5, 0.6) is 0 Å².